The minimum atomic E-state index is -2.99. The summed E-state index contributed by atoms with van der Waals surface area (Å²) in [6, 6.07) is 10.1. The Morgan fingerprint density at radius 3 is 2.70 bits per heavy atom. The van der Waals surface area contributed by atoms with Crippen molar-refractivity contribution in [1.82, 2.24) is 15.6 Å². The van der Waals surface area contributed by atoms with Gasteiger partial charge >= 0.3 is 6.61 Å². The third-order valence-corrected chi connectivity index (χ3v) is 6.20. The summed E-state index contributed by atoms with van der Waals surface area (Å²) < 4.78 is 29.6. The van der Waals surface area contributed by atoms with Gasteiger partial charge in [0, 0.05) is 18.5 Å². The van der Waals surface area contributed by atoms with Gasteiger partial charge in [0.25, 0.3) is 0 Å². The number of carbonyl (C=O) groups is 1. The fraction of sp³-hybridized carbons (Fsp3) is 0.333. The van der Waals surface area contributed by atoms with Crippen LogP contribution in [0.3, 0.4) is 0 Å². The first-order valence-corrected chi connectivity index (χ1v) is 12.0. The number of hydrogen-bond donors (Lipinski definition) is 3. The van der Waals surface area contributed by atoms with Crippen molar-refractivity contribution < 1.29 is 18.3 Å². The lowest BCUT2D eigenvalue weighted by atomic mass is 9.97. The molecule has 13 heteroatoms. The summed E-state index contributed by atoms with van der Waals surface area (Å²) >= 11 is 12.3. The van der Waals surface area contributed by atoms with E-state index in [4.69, 9.17) is 28.9 Å². The monoisotopic (exact) mass is 551 g/mol. The quantitative estimate of drug-likeness (QED) is 0.196. The maximum Gasteiger partial charge on any atom is 0.387 e. The Morgan fingerprint density at radius 2 is 2.05 bits per heavy atom. The third-order valence-electron chi connectivity index (χ3n) is 5.46. The van der Waals surface area contributed by atoms with Gasteiger partial charge in [-0.05, 0) is 35.7 Å². The highest BCUT2D eigenvalue weighted by atomic mass is 35.5. The zero-order valence-corrected chi connectivity index (χ0v) is 21.5. The van der Waals surface area contributed by atoms with Crippen LogP contribution in [0.2, 0.25) is 10.0 Å². The van der Waals surface area contributed by atoms with E-state index in [2.05, 4.69) is 25.5 Å². The fourth-order valence-electron chi connectivity index (χ4n) is 3.49. The van der Waals surface area contributed by atoms with Crippen LogP contribution in [0.4, 0.5) is 14.5 Å². The Labute approximate surface area is 222 Å². The van der Waals surface area contributed by atoms with E-state index in [1.807, 2.05) is 20.0 Å². The molecule has 2 aromatic carbocycles. The molecule has 9 nitrogen and oxygen atoms in total. The molecular formula is C24H25Cl2F2N7O2. The van der Waals surface area contributed by atoms with Crippen LogP contribution in [0.25, 0.3) is 0 Å². The SMILES string of the molecule is CC(C)C(N)C(=O)NCC1CN(C(=Nc2cccc(OC(F)F)c2)NC#N)N=C1c1ccc(Cl)c(Cl)c1. The normalized spacial score (nSPS) is 16.4. The highest BCUT2D eigenvalue weighted by Crippen LogP contribution is 2.28. The Balaban J connectivity index is 1.93. The van der Waals surface area contributed by atoms with Gasteiger partial charge in [0.15, 0.2) is 6.19 Å². The van der Waals surface area contributed by atoms with Gasteiger partial charge in [-0.1, -0.05) is 49.2 Å². The van der Waals surface area contributed by atoms with Crippen molar-refractivity contribution in [2.24, 2.45) is 27.7 Å². The Bertz CT molecular complexity index is 1230. The molecular weight excluding hydrogens is 527 g/mol. The predicted octanol–water partition coefficient (Wildman–Crippen LogP) is 4.09. The van der Waals surface area contributed by atoms with E-state index in [-0.39, 0.29) is 48.2 Å². The first-order valence-electron chi connectivity index (χ1n) is 11.2. The second-order valence-corrected chi connectivity index (χ2v) is 9.27. The van der Waals surface area contributed by atoms with Crippen molar-refractivity contribution in [3.8, 4) is 11.9 Å². The topological polar surface area (TPSA) is 128 Å². The second-order valence-electron chi connectivity index (χ2n) is 8.46. The average molecular weight is 552 g/mol. The predicted molar refractivity (Wildman–Crippen MR) is 138 cm³/mol. The largest absolute Gasteiger partial charge is 0.435 e. The van der Waals surface area contributed by atoms with Crippen LogP contribution in [0.5, 0.6) is 5.75 Å². The maximum absolute atomic E-state index is 12.6. The summed E-state index contributed by atoms with van der Waals surface area (Å²) in [5, 5.41) is 21.4. The summed E-state index contributed by atoms with van der Waals surface area (Å²) in [4.78, 5) is 16.8. The molecule has 0 saturated carbocycles. The van der Waals surface area contributed by atoms with Gasteiger partial charge in [0.05, 0.1) is 34.0 Å². The molecule has 0 fully saturated rings. The Hall–Kier alpha value is -3.46. The summed E-state index contributed by atoms with van der Waals surface area (Å²) in [5.41, 5.74) is 7.44. The van der Waals surface area contributed by atoms with E-state index >= 15 is 0 Å². The van der Waals surface area contributed by atoms with Crippen molar-refractivity contribution in [1.29, 1.82) is 5.26 Å². The molecule has 0 aromatic heterocycles. The molecule has 3 rings (SSSR count). The van der Waals surface area contributed by atoms with Crippen LogP contribution in [0, 0.1) is 23.3 Å². The number of guanidine groups is 1. The molecule has 1 heterocycles. The summed E-state index contributed by atoms with van der Waals surface area (Å²) in [6.45, 7) is 1.14. The van der Waals surface area contributed by atoms with E-state index < -0.39 is 12.7 Å². The molecule has 0 bridgehead atoms. The summed E-state index contributed by atoms with van der Waals surface area (Å²) in [6.07, 6.45) is 1.81. The minimum absolute atomic E-state index is 0.0435. The van der Waals surface area contributed by atoms with Gasteiger partial charge in [0.1, 0.15) is 5.75 Å². The molecule has 4 N–H and O–H groups in total. The molecule has 2 aromatic rings. The number of benzene rings is 2. The molecule has 0 saturated heterocycles. The van der Waals surface area contributed by atoms with Crippen molar-refractivity contribution in [2.45, 2.75) is 26.5 Å². The molecule has 0 spiro atoms. The molecule has 2 atom stereocenters. The molecule has 1 aliphatic heterocycles. The summed E-state index contributed by atoms with van der Waals surface area (Å²) in [5.74, 6) is -0.730. The van der Waals surface area contributed by atoms with E-state index in [1.165, 1.54) is 23.2 Å². The zero-order valence-electron chi connectivity index (χ0n) is 20.0. The van der Waals surface area contributed by atoms with Crippen LogP contribution in [-0.4, -0.2) is 48.3 Å². The number of nitrogens with one attached hydrogen (secondary N) is 2. The van der Waals surface area contributed by atoms with Crippen LogP contribution in [0.1, 0.15) is 19.4 Å². The number of aliphatic imine (C=N–C) groups is 1. The third kappa shape index (κ3) is 7.52. The highest BCUT2D eigenvalue weighted by molar-refractivity contribution is 6.42. The number of alkyl halides is 2. The number of halogens is 4. The van der Waals surface area contributed by atoms with E-state index in [9.17, 15) is 18.8 Å². The van der Waals surface area contributed by atoms with Crippen LogP contribution < -0.4 is 21.1 Å². The van der Waals surface area contributed by atoms with Gasteiger partial charge in [-0.25, -0.2) is 10.0 Å². The Kier molecular flexibility index (Phi) is 9.63. The second kappa shape index (κ2) is 12.7. The van der Waals surface area contributed by atoms with Gasteiger partial charge < -0.3 is 15.8 Å². The van der Waals surface area contributed by atoms with Crippen molar-refractivity contribution in [3.63, 3.8) is 0 Å². The van der Waals surface area contributed by atoms with E-state index in [1.54, 1.807) is 24.3 Å². The van der Waals surface area contributed by atoms with Gasteiger partial charge in [-0.2, -0.15) is 19.1 Å². The number of amides is 1. The number of hydrogen-bond acceptors (Lipinski definition) is 6. The zero-order chi connectivity index (χ0) is 27.1. The average Bonchev–Trinajstić information content (AvgIpc) is 3.27. The lowest BCUT2D eigenvalue weighted by Crippen LogP contribution is -2.46. The van der Waals surface area contributed by atoms with Gasteiger partial charge in [-0.15, -0.1) is 0 Å². The minimum Gasteiger partial charge on any atom is -0.435 e. The lowest BCUT2D eigenvalue weighted by molar-refractivity contribution is -0.123. The molecule has 37 heavy (non-hydrogen) atoms. The molecule has 1 aliphatic rings. The summed E-state index contributed by atoms with van der Waals surface area (Å²) in [7, 11) is 0. The molecule has 196 valence electrons. The van der Waals surface area contributed by atoms with Crippen molar-refractivity contribution >= 4 is 46.5 Å². The van der Waals surface area contributed by atoms with Crippen molar-refractivity contribution in [2.75, 3.05) is 13.1 Å². The molecule has 2 unspecified atom stereocenters. The molecule has 1 amide bonds. The smallest absolute Gasteiger partial charge is 0.387 e. The van der Waals surface area contributed by atoms with Crippen LogP contribution >= 0.6 is 23.2 Å². The highest BCUT2D eigenvalue weighted by Gasteiger charge is 2.32. The Morgan fingerprint density at radius 1 is 1.30 bits per heavy atom. The first kappa shape index (κ1) is 28.1. The standard InChI is InChI=1S/C24H25Cl2F2N7O2/c1-13(2)20(30)22(36)31-10-15-11-35(34-21(15)14-6-7-18(25)19(26)8-14)24(32-12-29)33-16-4-3-5-17(9-16)37-23(27)28/h3-9,13,15,20,23H,10-11,30H2,1-2H3,(H,31,36)(H,32,33). The number of nitrogens with two attached hydrogens (primary N) is 1. The van der Waals surface area contributed by atoms with Gasteiger partial charge in [-0.3, -0.25) is 10.1 Å². The fourth-order valence-corrected chi connectivity index (χ4v) is 3.79. The number of nitrogens with zero attached hydrogens (tertiary/aromatic N) is 4. The van der Waals surface area contributed by atoms with Gasteiger partial charge in [0.2, 0.25) is 11.9 Å². The number of rotatable bonds is 8. The first-order chi connectivity index (χ1) is 17.6. The van der Waals surface area contributed by atoms with E-state index in [0.717, 1.165) is 0 Å². The van der Waals surface area contributed by atoms with E-state index in [0.29, 0.717) is 21.3 Å². The van der Waals surface area contributed by atoms with Crippen LogP contribution in [-0.2, 0) is 4.79 Å². The lowest BCUT2D eigenvalue weighted by Gasteiger charge is -2.19. The van der Waals surface area contributed by atoms with Crippen LogP contribution in [0.15, 0.2) is 52.6 Å². The molecule has 0 aliphatic carbocycles. The number of ether oxygens (including phenoxy) is 1. The maximum atomic E-state index is 12.6. The number of carbonyl (C=O) groups excluding carboxylic acids is 1. The number of nitriles is 1. The molecule has 0 radical (unpaired) electrons. The van der Waals surface area contributed by atoms with Crippen molar-refractivity contribution in [3.05, 3.63) is 58.1 Å². The number of hydrazone groups is 1.